The smallest absolute Gasteiger partial charge is 0.130 e. The number of hydrogen-bond donors (Lipinski definition) is 3. The van der Waals surface area contributed by atoms with Gasteiger partial charge in [-0.05, 0) is 49.4 Å². The molecule has 0 bridgehead atoms. The van der Waals surface area contributed by atoms with Crippen molar-refractivity contribution in [1.82, 2.24) is 15.0 Å². The van der Waals surface area contributed by atoms with E-state index in [1.807, 2.05) is 37.5 Å². The number of H-pyrrole nitrogens is 1. The van der Waals surface area contributed by atoms with Gasteiger partial charge in [0.15, 0.2) is 0 Å². The van der Waals surface area contributed by atoms with Gasteiger partial charge in [0, 0.05) is 18.1 Å². The average molecular weight is 374 g/mol. The Kier molecular flexibility index (Phi) is 5.15. The van der Waals surface area contributed by atoms with E-state index in [0.717, 1.165) is 28.2 Å². The molecule has 1 aliphatic carbocycles. The highest BCUT2D eigenvalue weighted by molar-refractivity contribution is 5.89. The molecule has 0 aromatic carbocycles. The zero-order chi connectivity index (χ0) is 19.5. The monoisotopic (exact) mass is 373 g/mol. The second-order valence-corrected chi connectivity index (χ2v) is 7.57. The molecule has 144 valence electrons. The lowest BCUT2D eigenvalue weighted by atomic mass is 9.85. The predicted molar refractivity (Wildman–Crippen MR) is 116 cm³/mol. The van der Waals surface area contributed by atoms with Gasteiger partial charge in [-0.15, -0.1) is 0 Å². The molecule has 4 rings (SSSR count). The number of fused-ring (bicyclic) bond motifs is 1. The zero-order valence-electron chi connectivity index (χ0n) is 16.4. The van der Waals surface area contributed by atoms with Crippen LogP contribution in [-0.2, 0) is 0 Å². The molecule has 1 fully saturated rings. The molecule has 0 amide bonds. The van der Waals surface area contributed by atoms with Crippen LogP contribution in [-0.4, -0.2) is 15.0 Å². The minimum absolute atomic E-state index is 0.660. The van der Waals surface area contributed by atoms with Crippen LogP contribution in [0.4, 0.5) is 11.5 Å². The summed E-state index contributed by atoms with van der Waals surface area (Å²) in [4.78, 5) is 12.4. The first-order valence-corrected chi connectivity index (χ1v) is 9.93. The molecule has 5 heteroatoms. The summed E-state index contributed by atoms with van der Waals surface area (Å²) in [5.74, 6) is 1.44. The fourth-order valence-corrected chi connectivity index (χ4v) is 3.82. The summed E-state index contributed by atoms with van der Waals surface area (Å²) in [7, 11) is 0. The van der Waals surface area contributed by atoms with Crippen LogP contribution in [0.5, 0.6) is 0 Å². The molecule has 0 radical (unpaired) electrons. The van der Waals surface area contributed by atoms with Crippen molar-refractivity contribution in [3.05, 3.63) is 72.5 Å². The Morgan fingerprint density at radius 2 is 1.82 bits per heavy atom. The second-order valence-electron chi connectivity index (χ2n) is 7.57. The van der Waals surface area contributed by atoms with Crippen molar-refractivity contribution < 1.29 is 0 Å². The minimum Gasteiger partial charge on any atom is -0.358 e. The maximum absolute atomic E-state index is 4.59. The lowest BCUT2D eigenvalue weighted by Crippen LogP contribution is -2.09. The predicted octanol–water partition coefficient (Wildman–Crippen LogP) is 5.87. The highest BCUT2D eigenvalue weighted by Gasteiger charge is 2.16. The van der Waals surface area contributed by atoms with Crippen LogP contribution in [0.25, 0.3) is 11.0 Å². The van der Waals surface area contributed by atoms with E-state index in [4.69, 9.17) is 0 Å². The molecule has 3 heterocycles. The van der Waals surface area contributed by atoms with Gasteiger partial charge in [0.05, 0.1) is 22.6 Å². The highest BCUT2D eigenvalue weighted by atomic mass is 15.0. The number of rotatable bonds is 6. The molecule has 0 saturated heterocycles. The molecule has 1 aliphatic rings. The van der Waals surface area contributed by atoms with Gasteiger partial charge in [-0.3, -0.25) is 0 Å². The number of nitrogens with zero attached hydrogens (tertiary/aromatic N) is 2. The van der Waals surface area contributed by atoms with Gasteiger partial charge in [0.2, 0.25) is 0 Å². The lowest BCUT2D eigenvalue weighted by Gasteiger charge is -2.21. The minimum atomic E-state index is 0.660. The molecule has 3 aromatic heterocycles. The summed E-state index contributed by atoms with van der Waals surface area (Å²) in [6.07, 6.45) is 10.5. The van der Waals surface area contributed by atoms with Crippen molar-refractivity contribution in [3.63, 3.8) is 0 Å². The molecule has 3 aromatic rings. The molecule has 28 heavy (non-hydrogen) atoms. The van der Waals surface area contributed by atoms with Gasteiger partial charge in [0.25, 0.3) is 0 Å². The number of anilines is 2. The van der Waals surface area contributed by atoms with E-state index in [0.29, 0.717) is 17.3 Å². The molecular weight excluding hydrogens is 346 g/mol. The largest absolute Gasteiger partial charge is 0.358 e. The Labute approximate surface area is 166 Å². The van der Waals surface area contributed by atoms with E-state index in [1.54, 1.807) is 0 Å². The first-order valence-electron chi connectivity index (χ1n) is 9.93. The Hall–Kier alpha value is -3.08. The molecule has 0 unspecified atom stereocenters. The lowest BCUT2D eigenvalue weighted by molar-refractivity contribution is 0.443. The van der Waals surface area contributed by atoms with Crippen molar-refractivity contribution in [3.8, 4) is 0 Å². The van der Waals surface area contributed by atoms with Crippen molar-refractivity contribution in [2.45, 2.75) is 44.9 Å². The summed E-state index contributed by atoms with van der Waals surface area (Å²) >= 11 is 0. The number of hydrogen-bond acceptors (Lipinski definition) is 4. The molecule has 3 N–H and O–H groups in total. The molecule has 1 saturated carbocycles. The summed E-state index contributed by atoms with van der Waals surface area (Å²) in [6.45, 7) is 10.2. The van der Waals surface area contributed by atoms with E-state index in [9.17, 15) is 0 Å². The number of aryl methyl sites for hydroxylation is 1. The fraction of sp³-hybridized carbons (Fsp3) is 0.304. The Balaban J connectivity index is 1.40. The fourth-order valence-electron chi connectivity index (χ4n) is 3.82. The number of aromatic nitrogens is 3. The van der Waals surface area contributed by atoms with Gasteiger partial charge in [0.1, 0.15) is 11.3 Å². The Morgan fingerprint density at radius 1 is 1.04 bits per heavy atom. The molecule has 0 atom stereocenters. The third-order valence-corrected chi connectivity index (χ3v) is 5.45. The molecule has 0 spiro atoms. The molecule has 0 aliphatic heterocycles. The van der Waals surface area contributed by atoms with Gasteiger partial charge < -0.3 is 15.6 Å². The number of nitrogens with one attached hydrogen (secondary N) is 3. The van der Waals surface area contributed by atoms with Gasteiger partial charge in [-0.1, -0.05) is 38.5 Å². The first-order chi connectivity index (χ1) is 13.6. The van der Waals surface area contributed by atoms with Crippen LogP contribution in [0.1, 0.15) is 49.3 Å². The maximum Gasteiger partial charge on any atom is 0.130 e. The van der Waals surface area contributed by atoms with E-state index in [1.165, 1.54) is 37.7 Å². The summed E-state index contributed by atoms with van der Waals surface area (Å²) in [5.41, 5.74) is 6.44. The average Bonchev–Trinajstić information content (AvgIpc) is 3.11. The SMILES string of the molecule is C=C(Nc1ccc(C2CCCCC2)cn1)C(=C)Nc1c[nH]c2ccc(C)nc12. The molecular formula is C23H27N5. The van der Waals surface area contributed by atoms with Crippen LogP contribution in [0.15, 0.2) is 61.2 Å². The van der Waals surface area contributed by atoms with Gasteiger partial charge >= 0.3 is 0 Å². The second kappa shape index (κ2) is 7.89. The normalized spacial score (nSPS) is 14.8. The van der Waals surface area contributed by atoms with E-state index in [2.05, 4.69) is 44.8 Å². The van der Waals surface area contributed by atoms with E-state index in [-0.39, 0.29) is 0 Å². The van der Waals surface area contributed by atoms with Crippen LogP contribution in [0, 0.1) is 6.92 Å². The summed E-state index contributed by atoms with van der Waals surface area (Å²) < 4.78 is 0. The van der Waals surface area contributed by atoms with Crippen molar-refractivity contribution in [1.29, 1.82) is 0 Å². The molecule has 5 nitrogen and oxygen atoms in total. The van der Waals surface area contributed by atoms with Gasteiger partial charge in [-0.2, -0.15) is 0 Å². The quantitative estimate of drug-likeness (QED) is 0.473. The highest BCUT2D eigenvalue weighted by Crippen LogP contribution is 2.32. The van der Waals surface area contributed by atoms with E-state index < -0.39 is 0 Å². The Morgan fingerprint density at radius 3 is 2.57 bits per heavy atom. The van der Waals surface area contributed by atoms with Crippen LogP contribution in [0.2, 0.25) is 0 Å². The van der Waals surface area contributed by atoms with Crippen molar-refractivity contribution in [2.75, 3.05) is 10.6 Å². The zero-order valence-corrected chi connectivity index (χ0v) is 16.4. The number of pyridine rings is 2. The Bertz CT molecular complexity index is 994. The first kappa shape index (κ1) is 18.3. The summed E-state index contributed by atoms with van der Waals surface area (Å²) in [6, 6.07) is 8.22. The van der Waals surface area contributed by atoms with E-state index >= 15 is 0 Å². The van der Waals surface area contributed by atoms with Crippen molar-refractivity contribution >= 4 is 22.5 Å². The van der Waals surface area contributed by atoms with Crippen LogP contribution >= 0.6 is 0 Å². The standard InChI is InChI=1S/C23H27N5/c1-15-9-11-20-23(26-15)21(14-24-20)27-16(2)17(3)28-22-12-10-19(13-25-22)18-7-5-4-6-8-18/h9-14,18,24,27H,2-8H2,1H3,(H,25,28). The topological polar surface area (TPSA) is 65.6 Å². The maximum atomic E-state index is 4.59. The summed E-state index contributed by atoms with van der Waals surface area (Å²) in [5, 5.41) is 6.54. The third-order valence-electron chi connectivity index (χ3n) is 5.45. The van der Waals surface area contributed by atoms with Crippen LogP contribution < -0.4 is 10.6 Å². The van der Waals surface area contributed by atoms with Crippen LogP contribution in [0.3, 0.4) is 0 Å². The number of aromatic amines is 1. The van der Waals surface area contributed by atoms with Crippen molar-refractivity contribution in [2.24, 2.45) is 0 Å². The third kappa shape index (κ3) is 3.93. The van der Waals surface area contributed by atoms with Gasteiger partial charge in [-0.25, -0.2) is 9.97 Å².